The molecule has 2 aliphatic carbocycles. The van der Waals surface area contributed by atoms with Crippen LogP contribution in [0.3, 0.4) is 0 Å². The van der Waals surface area contributed by atoms with Crippen LogP contribution in [0.1, 0.15) is 57.4 Å². The molecule has 0 saturated heterocycles. The van der Waals surface area contributed by atoms with E-state index in [0.717, 1.165) is 42.6 Å². The fourth-order valence-electron chi connectivity index (χ4n) is 6.72. The number of nitrogens with one attached hydrogen (secondary N) is 1. The molecule has 0 spiro atoms. The van der Waals surface area contributed by atoms with E-state index in [1.807, 2.05) is 19.2 Å². The maximum absolute atomic E-state index is 13.7. The van der Waals surface area contributed by atoms with Crippen LogP contribution in [0, 0.1) is 18.3 Å². The lowest BCUT2D eigenvalue weighted by molar-refractivity contribution is -0.160. The number of aryl methyl sites for hydroxylation is 2. The molecule has 2 aliphatic rings. The SMILES string of the molecule is CCC1CC2(C(=O)O)CCCC(n3c(=O)n(C)c4cnc(Nc5cn6ncnc6cc5C)nc43)(C1)C2. The fourth-order valence-corrected chi connectivity index (χ4v) is 6.72. The summed E-state index contributed by atoms with van der Waals surface area (Å²) < 4.78 is 5.04. The van der Waals surface area contributed by atoms with Crippen molar-refractivity contribution < 1.29 is 9.90 Å². The van der Waals surface area contributed by atoms with Gasteiger partial charge in [0.25, 0.3) is 0 Å². The van der Waals surface area contributed by atoms with E-state index < -0.39 is 16.9 Å². The van der Waals surface area contributed by atoms with E-state index in [2.05, 4.69) is 27.3 Å². The first-order valence-electron chi connectivity index (χ1n) is 12.5. The summed E-state index contributed by atoms with van der Waals surface area (Å²) in [6.07, 6.45) is 10.0. The molecule has 188 valence electrons. The molecule has 0 aliphatic heterocycles. The molecule has 4 aromatic rings. The maximum Gasteiger partial charge on any atom is 0.330 e. The van der Waals surface area contributed by atoms with Gasteiger partial charge < -0.3 is 10.4 Å². The number of aliphatic carboxylic acids is 1. The van der Waals surface area contributed by atoms with E-state index >= 15 is 0 Å². The highest BCUT2D eigenvalue weighted by molar-refractivity contribution is 5.76. The number of hydrogen-bond donors (Lipinski definition) is 2. The van der Waals surface area contributed by atoms with Crippen LogP contribution in [0.25, 0.3) is 16.8 Å². The van der Waals surface area contributed by atoms with Gasteiger partial charge in [0.2, 0.25) is 5.95 Å². The molecular weight excluding hydrogens is 460 g/mol. The molecule has 0 aromatic carbocycles. The smallest absolute Gasteiger partial charge is 0.330 e. The Morgan fingerprint density at radius 3 is 2.89 bits per heavy atom. The normalized spacial score (nSPS) is 25.9. The van der Waals surface area contributed by atoms with Gasteiger partial charge in [-0.25, -0.2) is 19.3 Å². The van der Waals surface area contributed by atoms with Crippen molar-refractivity contribution >= 4 is 34.4 Å². The minimum Gasteiger partial charge on any atom is -0.481 e. The van der Waals surface area contributed by atoms with Gasteiger partial charge in [-0.1, -0.05) is 13.3 Å². The van der Waals surface area contributed by atoms with E-state index in [1.54, 1.807) is 26.9 Å². The van der Waals surface area contributed by atoms with Crippen molar-refractivity contribution in [3.8, 4) is 0 Å². The number of anilines is 2. The molecule has 2 N–H and O–H groups in total. The molecule has 2 fully saturated rings. The highest BCUT2D eigenvalue weighted by Crippen LogP contribution is 2.57. The largest absolute Gasteiger partial charge is 0.481 e. The van der Waals surface area contributed by atoms with Gasteiger partial charge in [-0.2, -0.15) is 10.1 Å². The van der Waals surface area contributed by atoms with Crippen molar-refractivity contribution in [1.29, 1.82) is 0 Å². The topological polar surface area (TPSA) is 132 Å². The molecule has 0 amide bonds. The zero-order valence-electron chi connectivity index (χ0n) is 20.7. The Labute approximate surface area is 207 Å². The monoisotopic (exact) mass is 490 g/mol. The Morgan fingerprint density at radius 2 is 2.11 bits per heavy atom. The average molecular weight is 491 g/mol. The Hall–Kier alpha value is -3.76. The maximum atomic E-state index is 13.7. The fraction of sp³-hybridized carbons (Fsp3) is 0.520. The van der Waals surface area contributed by atoms with Crippen molar-refractivity contribution in [2.45, 2.75) is 64.3 Å². The van der Waals surface area contributed by atoms with Crippen LogP contribution < -0.4 is 11.0 Å². The van der Waals surface area contributed by atoms with E-state index in [-0.39, 0.29) is 11.6 Å². The van der Waals surface area contributed by atoms with Crippen LogP contribution in [0.4, 0.5) is 11.6 Å². The number of aromatic nitrogens is 7. The summed E-state index contributed by atoms with van der Waals surface area (Å²) in [4.78, 5) is 39.7. The Morgan fingerprint density at radius 1 is 1.28 bits per heavy atom. The molecule has 11 heteroatoms. The number of pyridine rings is 1. The summed E-state index contributed by atoms with van der Waals surface area (Å²) in [6.45, 7) is 4.08. The van der Waals surface area contributed by atoms with Crippen LogP contribution in [-0.4, -0.2) is 44.8 Å². The molecular formula is C25H30N8O3. The van der Waals surface area contributed by atoms with Gasteiger partial charge in [0.1, 0.15) is 11.8 Å². The lowest BCUT2D eigenvalue weighted by Gasteiger charge is -2.53. The minimum atomic E-state index is -0.794. The van der Waals surface area contributed by atoms with Crippen LogP contribution in [0.15, 0.2) is 29.6 Å². The third kappa shape index (κ3) is 3.25. The quantitative estimate of drug-likeness (QED) is 0.435. The van der Waals surface area contributed by atoms with Crippen molar-refractivity contribution in [3.63, 3.8) is 0 Å². The number of fused-ring (bicyclic) bond motifs is 4. The van der Waals surface area contributed by atoms with Crippen molar-refractivity contribution in [2.75, 3.05) is 5.32 Å². The second-order valence-corrected chi connectivity index (χ2v) is 10.7. The molecule has 3 atom stereocenters. The predicted molar refractivity (Wildman–Crippen MR) is 133 cm³/mol. The lowest BCUT2D eigenvalue weighted by atomic mass is 9.55. The van der Waals surface area contributed by atoms with E-state index in [9.17, 15) is 14.7 Å². The second-order valence-electron chi connectivity index (χ2n) is 10.7. The van der Waals surface area contributed by atoms with Crippen molar-refractivity contribution in [3.05, 3.63) is 40.8 Å². The van der Waals surface area contributed by atoms with Crippen LogP contribution >= 0.6 is 0 Å². The number of hydrogen-bond acceptors (Lipinski definition) is 7. The number of rotatable bonds is 5. The summed E-state index contributed by atoms with van der Waals surface area (Å²) in [7, 11) is 1.73. The Balaban J connectivity index is 1.48. The van der Waals surface area contributed by atoms with Gasteiger partial charge >= 0.3 is 11.7 Å². The standard InChI is InChI=1S/C25H30N8O3/c1-4-16-9-24(21(34)35)6-5-7-25(10-16,13-24)33-20-18(31(3)23(33)36)11-26-22(30-20)29-17-12-32-19(8-15(17)2)27-14-28-32/h8,11-12,14,16H,4-7,9-10,13H2,1-3H3,(H,34,35)(H,26,29,30). The van der Waals surface area contributed by atoms with Gasteiger partial charge in [-0.15, -0.1) is 0 Å². The zero-order chi connectivity index (χ0) is 25.2. The van der Waals surface area contributed by atoms with Gasteiger partial charge in [0.15, 0.2) is 11.3 Å². The molecule has 2 saturated carbocycles. The van der Waals surface area contributed by atoms with Gasteiger partial charge in [0, 0.05) is 7.05 Å². The van der Waals surface area contributed by atoms with E-state index in [1.165, 1.54) is 6.33 Å². The molecule has 36 heavy (non-hydrogen) atoms. The highest BCUT2D eigenvalue weighted by Gasteiger charge is 2.56. The summed E-state index contributed by atoms with van der Waals surface area (Å²) in [5.74, 6) is -0.133. The first-order valence-corrected chi connectivity index (χ1v) is 12.5. The van der Waals surface area contributed by atoms with Crippen molar-refractivity contribution in [1.82, 2.24) is 33.7 Å². The number of nitrogens with zero attached hydrogens (tertiary/aromatic N) is 7. The van der Waals surface area contributed by atoms with Crippen LogP contribution in [-0.2, 0) is 17.4 Å². The third-order valence-electron chi connectivity index (χ3n) is 8.49. The molecule has 0 radical (unpaired) electrons. The molecule has 11 nitrogen and oxygen atoms in total. The molecule has 4 aromatic heterocycles. The summed E-state index contributed by atoms with van der Waals surface area (Å²) in [5.41, 5.74) is 2.11. The molecule has 2 bridgehead atoms. The predicted octanol–water partition coefficient (Wildman–Crippen LogP) is 3.39. The summed E-state index contributed by atoms with van der Waals surface area (Å²) >= 11 is 0. The molecule has 3 unspecified atom stereocenters. The number of carboxylic acid groups (broad SMARTS) is 1. The van der Waals surface area contributed by atoms with E-state index in [4.69, 9.17) is 4.98 Å². The lowest BCUT2D eigenvalue weighted by Crippen LogP contribution is -2.55. The van der Waals surface area contributed by atoms with Gasteiger partial charge in [-0.3, -0.25) is 13.9 Å². The molecule has 4 heterocycles. The Bertz CT molecular complexity index is 1570. The van der Waals surface area contributed by atoms with Crippen molar-refractivity contribution in [2.24, 2.45) is 18.4 Å². The number of carbonyl (C=O) groups is 1. The second kappa shape index (κ2) is 7.87. The van der Waals surface area contributed by atoms with Gasteiger partial charge in [-0.05, 0) is 63.0 Å². The van der Waals surface area contributed by atoms with E-state index in [0.29, 0.717) is 36.4 Å². The first kappa shape index (κ1) is 22.7. The zero-order valence-corrected chi connectivity index (χ0v) is 20.7. The van der Waals surface area contributed by atoms with Crippen LogP contribution in [0.2, 0.25) is 0 Å². The first-order chi connectivity index (χ1) is 17.2. The highest BCUT2D eigenvalue weighted by atomic mass is 16.4. The summed E-state index contributed by atoms with van der Waals surface area (Å²) in [6, 6.07) is 1.92. The third-order valence-corrected chi connectivity index (χ3v) is 8.49. The van der Waals surface area contributed by atoms with Gasteiger partial charge in [0.05, 0.1) is 29.0 Å². The number of carboxylic acids is 1. The summed E-state index contributed by atoms with van der Waals surface area (Å²) in [5, 5.41) is 17.7. The Kier molecular flexibility index (Phi) is 4.96. The average Bonchev–Trinajstić information content (AvgIpc) is 3.40. The number of imidazole rings is 1. The van der Waals surface area contributed by atoms with Crippen LogP contribution in [0.5, 0.6) is 0 Å². The minimum absolute atomic E-state index is 0.172. The molecule has 6 rings (SSSR count).